The molecule has 0 fully saturated rings. The van der Waals surface area contributed by atoms with Crippen molar-refractivity contribution in [2.45, 2.75) is 119 Å². The third kappa shape index (κ3) is 12.9. The molecule has 0 amide bonds. The Kier molecular flexibility index (Phi) is 16.7. The van der Waals surface area contributed by atoms with E-state index in [0.29, 0.717) is 37.5 Å². The average Bonchev–Trinajstić information content (AvgIpc) is 2.68. The third-order valence-corrected chi connectivity index (χ3v) is 6.25. The number of rotatable bonds is 19. The number of quaternary nitrogens is 1. The summed E-state index contributed by atoms with van der Waals surface area (Å²) >= 11 is 0. The third-order valence-electron chi connectivity index (χ3n) is 6.25. The van der Waals surface area contributed by atoms with Crippen molar-refractivity contribution < 1.29 is 9.65 Å². The highest BCUT2D eigenvalue weighted by molar-refractivity contribution is 4.62. The van der Waals surface area contributed by atoms with E-state index >= 15 is 0 Å². The molecule has 3 atom stereocenters. The largest absolute Gasteiger partial charge is 0.598 e. The molecule has 0 aromatic rings. The fourth-order valence-corrected chi connectivity index (χ4v) is 3.94. The van der Waals surface area contributed by atoms with Gasteiger partial charge in [-0.3, -0.25) is 0 Å². The minimum absolute atomic E-state index is 0.410. The topological polar surface area (TPSA) is 32.3 Å². The number of hydrogen-bond acceptors (Lipinski definition) is 2. The van der Waals surface area contributed by atoms with Gasteiger partial charge in [-0.05, 0) is 38.0 Å². The van der Waals surface area contributed by atoms with Crippen LogP contribution in [0, 0.1) is 23.0 Å². The van der Waals surface area contributed by atoms with Crippen molar-refractivity contribution in [2.75, 3.05) is 19.7 Å². The molecule has 0 aromatic carbocycles. The van der Waals surface area contributed by atoms with E-state index in [1.807, 2.05) is 0 Å². The molecular formula is C24H51NO2. The lowest BCUT2D eigenvalue weighted by Crippen LogP contribution is -2.49. The van der Waals surface area contributed by atoms with Crippen molar-refractivity contribution in [1.29, 1.82) is 0 Å². The molecule has 3 nitrogen and oxygen atoms in total. The average molecular weight is 386 g/mol. The Morgan fingerprint density at radius 2 is 1.00 bits per heavy atom. The molecule has 0 heterocycles. The van der Waals surface area contributed by atoms with Gasteiger partial charge in [0, 0.05) is 11.8 Å². The van der Waals surface area contributed by atoms with Crippen LogP contribution in [-0.4, -0.2) is 24.5 Å². The highest BCUT2D eigenvalue weighted by Crippen LogP contribution is 2.26. The van der Waals surface area contributed by atoms with Gasteiger partial charge in [0.2, 0.25) is 0 Å². The van der Waals surface area contributed by atoms with E-state index in [2.05, 4.69) is 41.5 Å². The summed E-state index contributed by atoms with van der Waals surface area (Å²) < 4.78 is 0. The van der Waals surface area contributed by atoms with Crippen LogP contribution in [0.1, 0.15) is 119 Å². The molecule has 0 saturated heterocycles. The van der Waals surface area contributed by atoms with Crippen LogP contribution in [0.4, 0.5) is 0 Å². The Balaban J connectivity index is 5.02. The van der Waals surface area contributed by atoms with Crippen LogP contribution >= 0.6 is 0 Å². The SMILES string of the molecule is CCCCC(CC)CO[N+]([O-])(CC(CC)CCCC)CC(CC)CCCC. The van der Waals surface area contributed by atoms with E-state index < -0.39 is 4.81 Å². The summed E-state index contributed by atoms with van der Waals surface area (Å²) in [4.78, 5) is 5.78. The van der Waals surface area contributed by atoms with Gasteiger partial charge in [0.15, 0.2) is 0 Å². The normalized spacial score (nSPS) is 17.4. The summed E-state index contributed by atoms with van der Waals surface area (Å²) in [6.45, 7) is 15.3. The number of unbranched alkanes of at least 4 members (excludes halogenated alkanes) is 3. The Hall–Kier alpha value is -0.120. The number of hydroxylamine groups is 4. The van der Waals surface area contributed by atoms with Crippen molar-refractivity contribution in [3.05, 3.63) is 5.21 Å². The van der Waals surface area contributed by atoms with Gasteiger partial charge in [-0.1, -0.05) is 86.5 Å². The molecule has 3 heteroatoms. The summed E-state index contributed by atoms with van der Waals surface area (Å²) in [5, 5.41) is 13.8. The molecule has 0 N–H and O–H groups in total. The monoisotopic (exact) mass is 385 g/mol. The van der Waals surface area contributed by atoms with Gasteiger partial charge < -0.3 is 5.21 Å². The first-order chi connectivity index (χ1) is 13.0. The standard InChI is InChI=1S/C24H51NO2/c1-7-13-16-22(10-4)19-25(26,20-23(11-5)17-14-8-2)27-21-24(12-6)18-15-9-3/h22-24H,7-21H2,1-6H3. The quantitative estimate of drug-likeness (QED) is 0.167. The molecule has 0 radical (unpaired) electrons. The first-order valence-electron chi connectivity index (χ1n) is 12.2. The van der Waals surface area contributed by atoms with Crippen molar-refractivity contribution >= 4 is 0 Å². The molecule has 0 aliphatic rings. The molecule has 0 bridgehead atoms. The van der Waals surface area contributed by atoms with Crippen LogP contribution in [0.3, 0.4) is 0 Å². The van der Waals surface area contributed by atoms with Crippen LogP contribution in [0.5, 0.6) is 0 Å². The van der Waals surface area contributed by atoms with E-state index in [4.69, 9.17) is 4.84 Å². The fraction of sp³-hybridized carbons (Fsp3) is 1.00. The van der Waals surface area contributed by atoms with E-state index in [-0.39, 0.29) is 0 Å². The first-order valence-corrected chi connectivity index (χ1v) is 12.2. The second-order valence-electron chi connectivity index (χ2n) is 8.72. The Bertz CT molecular complexity index is 304. The van der Waals surface area contributed by atoms with Crippen LogP contribution in [0.2, 0.25) is 0 Å². The van der Waals surface area contributed by atoms with Gasteiger partial charge in [-0.2, -0.15) is 0 Å². The zero-order valence-corrected chi connectivity index (χ0v) is 19.6. The minimum atomic E-state index is -0.410. The van der Waals surface area contributed by atoms with Crippen LogP contribution < -0.4 is 0 Å². The van der Waals surface area contributed by atoms with Crippen molar-refractivity contribution in [2.24, 2.45) is 17.8 Å². The minimum Gasteiger partial charge on any atom is -0.598 e. The second kappa shape index (κ2) is 16.8. The number of nitrogens with zero attached hydrogens (tertiary/aromatic N) is 1. The molecular weight excluding hydrogens is 334 g/mol. The molecule has 3 unspecified atom stereocenters. The zero-order chi connectivity index (χ0) is 20.5. The smallest absolute Gasteiger partial charge is 0.111 e. The maximum atomic E-state index is 13.8. The lowest BCUT2D eigenvalue weighted by molar-refractivity contribution is -1.07. The van der Waals surface area contributed by atoms with Crippen molar-refractivity contribution in [3.8, 4) is 0 Å². The lowest BCUT2D eigenvalue weighted by Gasteiger charge is -2.44. The zero-order valence-electron chi connectivity index (χ0n) is 19.6. The van der Waals surface area contributed by atoms with E-state index in [9.17, 15) is 5.21 Å². The highest BCUT2D eigenvalue weighted by Gasteiger charge is 2.28. The molecule has 27 heavy (non-hydrogen) atoms. The summed E-state index contributed by atoms with van der Waals surface area (Å²) in [6.07, 6.45) is 14.1. The fourth-order valence-electron chi connectivity index (χ4n) is 3.94. The number of hydrogen-bond donors (Lipinski definition) is 0. The summed E-state index contributed by atoms with van der Waals surface area (Å²) in [5.41, 5.74) is 0. The van der Waals surface area contributed by atoms with Crippen molar-refractivity contribution in [3.63, 3.8) is 0 Å². The maximum Gasteiger partial charge on any atom is 0.111 e. The van der Waals surface area contributed by atoms with Gasteiger partial charge in [-0.15, -0.1) is 0 Å². The van der Waals surface area contributed by atoms with E-state index in [0.717, 1.165) is 32.1 Å². The van der Waals surface area contributed by atoms with Crippen LogP contribution in [0.15, 0.2) is 0 Å². The van der Waals surface area contributed by atoms with E-state index in [1.165, 1.54) is 44.9 Å². The van der Waals surface area contributed by atoms with Crippen LogP contribution in [0.25, 0.3) is 0 Å². The molecule has 0 rings (SSSR count). The highest BCUT2D eigenvalue weighted by atomic mass is 16.9. The molecule has 164 valence electrons. The molecule has 0 aliphatic heterocycles. The van der Waals surface area contributed by atoms with Gasteiger partial charge in [0.05, 0.1) is 0 Å². The predicted molar refractivity (Wildman–Crippen MR) is 119 cm³/mol. The van der Waals surface area contributed by atoms with Crippen LogP contribution in [-0.2, 0) is 4.84 Å². The Morgan fingerprint density at radius 3 is 1.33 bits per heavy atom. The summed E-state index contributed by atoms with van der Waals surface area (Å²) in [6, 6.07) is 0. The Labute approximate surface area is 171 Å². The molecule has 0 aliphatic carbocycles. The predicted octanol–water partition coefficient (Wildman–Crippen LogP) is 7.88. The van der Waals surface area contributed by atoms with E-state index in [1.54, 1.807) is 0 Å². The Morgan fingerprint density at radius 1 is 0.630 bits per heavy atom. The summed E-state index contributed by atoms with van der Waals surface area (Å²) in [7, 11) is 0. The molecule has 0 aromatic heterocycles. The second-order valence-corrected chi connectivity index (χ2v) is 8.72. The van der Waals surface area contributed by atoms with Gasteiger partial charge in [0.25, 0.3) is 0 Å². The van der Waals surface area contributed by atoms with Gasteiger partial charge in [-0.25, -0.2) is 9.65 Å². The summed E-state index contributed by atoms with van der Waals surface area (Å²) in [5.74, 6) is 1.51. The van der Waals surface area contributed by atoms with Gasteiger partial charge in [0.1, 0.15) is 19.7 Å². The maximum absolute atomic E-state index is 13.8. The molecule has 0 saturated carbocycles. The van der Waals surface area contributed by atoms with Crippen molar-refractivity contribution in [1.82, 2.24) is 0 Å². The first kappa shape index (κ1) is 26.9. The van der Waals surface area contributed by atoms with Gasteiger partial charge >= 0.3 is 0 Å². The molecule has 0 spiro atoms. The lowest BCUT2D eigenvalue weighted by atomic mass is 9.96.